The van der Waals surface area contributed by atoms with Gasteiger partial charge in [-0.3, -0.25) is 9.59 Å². The number of rotatable bonds is 1. The van der Waals surface area contributed by atoms with Crippen LogP contribution in [-0.2, 0) is 9.59 Å². The topological polar surface area (TPSA) is 40.6 Å². The van der Waals surface area contributed by atoms with Crippen molar-refractivity contribution in [1.82, 2.24) is 9.80 Å². The number of fused-ring (bicyclic) bond motifs is 1. The van der Waals surface area contributed by atoms with Crippen LogP contribution in [0.5, 0.6) is 0 Å². The van der Waals surface area contributed by atoms with E-state index in [-0.39, 0.29) is 23.4 Å². The summed E-state index contributed by atoms with van der Waals surface area (Å²) in [7, 11) is 0. The third-order valence-corrected chi connectivity index (χ3v) is 3.70. The Morgan fingerprint density at radius 1 is 1.41 bits per heavy atom. The Hall–Kier alpha value is -0.480. The maximum absolute atomic E-state index is 12.0. The minimum atomic E-state index is -1.05. The SMILES string of the molecule is CC1(C)CN2C(=O)CCC2N(C(=O)C(Cl)Cl)C1. The lowest BCUT2D eigenvalue weighted by Gasteiger charge is -2.47. The molecule has 0 aliphatic carbocycles. The molecule has 2 rings (SSSR count). The van der Waals surface area contributed by atoms with Crippen LogP contribution < -0.4 is 0 Å². The van der Waals surface area contributed by atoms with E-state index in [0.29, 0.717) is 25.9 Å². The van der Waals surface area contributed by atoms with Gasteiger partial charge in [0.1, 0.15) is 6.17 Å². The highest BCUT2D eigenvalue weighted by Crippen LogP contribution is 2.35. The number of amides is 2. The lowest BCUT2D eigenvalue weighted by molar-refractivity contribution is -0.149. The van der Waals surface area contributed by atoms with Crippen LogP contribution in [0.1, 0.15) is 26.7 Å². The molecule has 0 bridgehead atoms. The van der Waals surface area contributed by atoms with Gasteiger partial charge < -0.3 is 9.80 Å². The Morgan fingerprint density at radius 2 is 2.06 bits per heavy atom. The molecule has 0 N–H and O–H groups in total. The fourth-order valence-electron chi connectivity index (χ4n) is 2.66. The van der Waals surface area contributed by atoms with Crippen LogP contribution in [0, 0.1) is 5.41 Å². The molecule has 2 amide bonds. The summed E-state index contributed by atoms with van der Waals surface area (Å²) < 4.78 is 0. The van der Waals surface area contributed by atoms with Crippen molar-refractivity contribution in [3.63, 3.8) is 0 Å². The van der Waals surface area contributed by atoms with E-state index in [4.69, 9.17) is 23.2 Å². The first-order valence-electron chi connectivity index (χ1n) is 5.70. The van der Waals surface area contributed by atoms with E-state index < -0.39 is 4.84 Å². The zero-order valence-corrected chi connectivity index (χ0v) is 11.5. The summed E-state index contributed by atoms with van der Waals surface area (Å²) in [5.74, 6) is -0.188. The summed E-state index contributed by atoms with van der Waals surface area (Å²) in [5.41, 5.74) is -0.116. The molecule has 0 aromatic carbocycles. The zero-order valence-electron chi connectivity index (χ0n) is 9.95. The first-order valence-corrected chi connectivity index (χ1v) is 6.57. The van der Waals surface area contributed by atoms with E-state index >= 15 is 0 Å². The molecular weight excluding hydrogens is 263 g/mol. The van der Waals surface area contributed by atoms with Crippen LogP contribution in [0.15, 0.2) is 0 Å². The van der Waals surface area contributed by atoms with Gasteiger partial charge in [-0.05, 0) is 6.42 Å². The average molecular weight is 279 g/mol. The van der Waals surface area contributed by atoms with E-state index in [0.717, 1.165) is 0 Å². The highest BCUT2D eigenvalue weighted by Gasteiger charge is 2.46. The predicted octanol–water partition coefficient (Wildman–Crippen LogP) is 1.61. The number of carbonyl (C=O) groups is 2. The Kier molecular flexibility index (Phi) is 3.29. The smallest absolute Gasteiger partial charge is 0.257 e. The molecule has 1 unspecified atom stereocenters. The molecule has 1 atom stereocenters. The number of nitrogens with zero attached hydrogens (tertiary/aromatic N) is 2. The number of alkyl halides is 2. The Labute approximate surface area is 111 Å². The van der Waals surface area contributed by atoms with E-state index in [1.54, 1.807) is 9.80 Å². The molecule has 0 spiro atoms. The summed E-state index contributed by atoms with van der Waals surface area (Å²) in [6, 6.07) is 0. The van der Waals surface area contributed by atoms with Gasteiger partial charge in [0.2, 0.25) is 5.91 Å². The Balaban J connectivity index is 2.25. The second kappa shape index (κ2) is 4.32. The average Bonchev–Trinajstić information content (AvgIpc) is 2.57. The van der Waals surface area contributed by atoms with Crippen molar-refractivity contribution >= 4 is 35.0 Å². The maximum atomic E-state index is 12.0. The van der Waals surface area contributed by atoms with Crippen molar-refractivity contribution in [2.45, 2.75) is 37.7 Å². The lowest BCUT2D eigenvalue weighted by Crippen LogP contribution is -2.61. The van der Waals surface area contributed by atoms with Crippen LogP contribution in [0.3, 0.4) is 0 Å². The van der Waals surface area contributed by atoms with Gasteiger partial charge in [0.15, 0.2) is 4.84 Å². The van der Waals surface area contributed by atoms with Gasteiger partial charge in [-0.15, -0.1) is 0 Å². The lowest BCUT2D eigenvalue weighted by atomic mass is 9.89. The fraction of sp³-hybridized carbons (Fsp3) is 0.818. The van der Waals surface area contributed by atoms with Crippen molar-refractivity contribution in [3.8, 4) is 0 Å². The van der Waals surface area contributed by atoms with Gasteiger partial charge in [0, 0.05) is 24.9 Å². The highest BCUT2D eigenvalue weighted by atomic mass is 35.5. The third kappa shape index (κ3) is 2.38. The summed E-state index contributed by atoms with van der Waals surface area (Å²) >= 11 is 11.3. The molecule has 2 aliphatic heterocycles. The molecule has 0 saturated carbocycles. The Bertz CT molecular complexity index is 357. The zero-order chi connectivity index (χ0) is 12.8. The number of hydrogen-bond donors (Lipinski definition) is 0. The van der Waals surface area contributed by atoms with E-state index in [2.05, 4.69) is 0 Å². The molecule has 4 nitrogen and oxygen atoms in total. The summed E-state index contributed by atoms with van der Waals surface area (Å²) in [6.45, 7) is 5.35. The maximum Gasteiger partial charge on any atom is 0.257 e. The van der Waals surface area contributed by atoms with Crippen LogP contribution in [0.25, 0.3) is 0 Å². The molecule has 2 heterocycles. The predicted molar refractivity (Wildman–Crippen MR) is 65.7 cm³/mol. The summed E-state index contributed by atoms with van der Waals surface area (Å²) in [6.07, 6.45) is 1.03. The molecule has 0 aromatic rings. The van der Waals surface area contributed by atoms with Gasteiger partial charge in [-0.25, -0.2) is 0 Å². The standard InChI is InChI=1S/C11H16Cl2N2O2/c1-11(2)5-14-7(3-4-8(14)16)15(6-11)10(17)9(12)13/h7,9H,3-6H2,1-2H3. The quantitative estimate of drug-likeness (QED) is 0.684. The molecule has 2 fully saturated rings. The first kappa shape index (κ1) is 13.0. The van der Waals surface area contributed by atoms with E-state index in [1.165, 1.54) is 0 Å². The van der Waals surface area contributed by atoms with Crippen molar-refractivity contribution in [2.75, 3.05) is 13.1 Å². The third-order valence-electron chi connectivity index (χ3n) is 3.32. The van der Waals surface area contributed by atoms with Gasteiger partial charge in [-0.2, -0.15) is 0 Å². The molecule has 2 saturated heterocycles. The van der Waals surface area contributed by atoms with Crippen molar-refractivity contribution in [2.24, 2.45) is 5.41 Å². The Morgan fingerprint density at radius 3 is 2.65 bits per heavy atom. The second-order valence-corrected chi connectivity index (χ2v) is 6.57. The number of halogens is 2. The monoisotopic (exact) mass is 278 g/mol. The molecule has 17 heavy (non-hydrogen) atoms. The van der Waals surface area contributed by atoms with Gasteiger partial charge in [0.25, 0.3) is 5.91 Å². The highest BCUT2D eigenvalue weighted by molar-refractivity contribution is 6.53. The molecule has 0 radical (unpaired) electrons. The normalized spacial score (nSPS) is 27.6. The molecule has 0 aromatic heterocycles. The van der Waals surface area contributed by atoms with Crippen LogP contribution >= 0.6 is 23.2 Å². The van der Waals surface area contributed by atoms with E-state index in [9.17, 15) is 9.59 Å². The molecule has 6 heteroatoms. The minimum Gasteiger partial charge on any atom is -0.321 e. The van der Waals surface area contributed by atoms with Crippen LogP contribution in [0.2, 0.25) is 0 Å². The van der Waals surface area contributed by atoms with Crippen LogP contribution in [0.4, 0.5) is 0 Å². The van der Waals surface area contributed by atoms with Gasteiger partial charge >= 0.3 is 0 Å². The number of carbonyl (C=O) groups excluding carboxylic acids is 2. The molecule has 2 aliphatic rings. The van der Waals surface area contributed by atoms with Gasteiger partial charge in [0.05, 0.1) is 0 Å². The molecular formula is C11H16Cl2N2O2. The van der Waals surface area contributed by atoms with E-state index in [1.807, 2.05) is 13.8 Å². The molecule has 96 valence electrons. The van der Waals surface area contributed by atoms with Crippen molar-refractivity contribution in [1.29, 1.82) is 0 Å². The first-order chi connectivity index (χ1) is 7.82. The number of hydrogen-bond acceptors (Lipinski definition) is 2. The van der Waals surface area contributed by atoms with Crippen molar-refractivity contribution in [3.05, 3.63) is 0 Å². The van der Waals surface area contributed by atoms with Gasteiger partial charge in [-0.1, -0.05) is 37.0 Å². The minimum absolute atomic E-state index is 0.112. The van der Waals surface area contributed by atoms with Crippen molar-refractivity contribution < 1.29 is 9.59 Å². The summed E-state index contributed by atoms with van der Waals surface area (Å²) in [4.78, 5) is 26.1. The summed E-state index contributed by atoms with van der Waals surface area (Å²) in [5, 5.41) is 0. The largest absolute Gasteiger partial charge is 0.321 e. The second-order valence-electron chi connectivity index (χ2n) is 5.47. The van der Waals surface area contributed by atoms with Crippen LogP contribution in [-0.4, -0.2) is 45.7 Å². The fourth-order valence-corrected chi connectivity index (χ4v) is 2.91.